The zero-order chi connectivity index (χ0) is 20.6. The maximum Gasteiger partial charge on any atom is 0.167 e. The van der Waals surface area contributed by atoms with Crippen LogP contribution in [0.25, 0.3) is 0 Å². The third-order valence-electron chi connectivity index (χ3n) is 4.84. The zero-order valence-corrected chi connectivity index (χ0v) is 18.3. The molecule has 1 atom stereocenters. The molecule has 152 valence electrons. The fourth-order valence-electron chi connectivity index (χ4n) is 3.11. The second-order valence-corrected chi connectivity index (χ2v) is 7.68. The minimum atomic E-state index is -0.572. The van der Waals surface area contributed by atoms with Gasteiger partial charge in [0.1, 0.15) is 6.61 Å². The van der Waals surface area contributed by atoms with Gasteiger partial charge in [0.15, 0.2) is 11.5 Å². The Labute approximate surface area is 180 Å². The van der Waals surface area contributed by atoms with Crippen molar-refractivity contribution in [1.29, 1.82) is 0 Å². The lowest BCUT2D eigenvalue weighted by molar-refractivity contribution is 0.174. The van der Waals surface area contributed by atoms with E-state index in [2.05, 4.69) is 40.3 Å². The lowest BCUT2D eigenvalue weighted by atomic mass is 10.1. The molecule has 3 rings (SSSR count). The van der Waals surface area contributed by atoms with Crippen molar-refractivity contribution in [3.05, 3.63) is 93.5 Å². The van der Waals surface area contributed by atoms with Gasteiger partial charge in [-0.25, -0.2) is 0 Å². The molecule has 0 saturated carbocycles. The summed E-state index contributed by atoms with van der Waals surface area (Å²) in [5, 5.41) is 13.7. The predicted octanol–water partition coefficient (Wildman–Crippen LogP) is 5.17. The zero-order valence-electron chi connectivity index (χ0n) is 16.7. The van der Waals surface area contributed by atoms with Crippen LogP contribution in [0.15, 0.2) is 71.2 Å². The average Bonchev–Trinajstić information content (AvgIpc) is 2.75. The van der Waals surface area contributed by atoms with Crippen LogP contribution in [-0.4, -0.2) is 18.8 Å². The topological polar surface area (TPSA) is 50.7 Å². The Kier molecular flexibility index (Phi) is 7.69. The van der Waals surface area contributed by atoms with Crippen LogP contribution in [0.4, 0.5) is 0 Å². The Hall–Kier alpha value is -2.34. The van der Waals surface area contributed by atoms with Crippen LogP contribution in [0.3, 0.4) is 0 Å². The number of halogens is 1. The van der Waals surface area contributed by atoms with E-state index in [0.29, 0.717) is 31.2 Å². The molecular weight excluding hydrogens is 430 g/mol. The summed E-state index contributed by atoms with van der Waals surface area (Å²) in [6, 6.07) is 21.6. The second-order valence-electron chi connectivity index (χ2n) is 6.83. The maximum atomic E-state index is 10.4. The highest BCUT2D eigenvalue weighted by Crippen LogP contribution is 2.37. The summed E-state index contributed by atoms with van der Waals surface area (Å²) in [6.45, 7) is 3.50. The van der Waals surface area contributed by atoms with Crippen LogP contribution in [0.1, 0.15) is 28.4 Å². The van der Waals surface area contributed by atoms with E-state index < -0.39 is 6.10 Å². The molecule has 0 fully saturated rings. The van der Waals surface area contributed by atoms with Crippen molar-refractivity contribution in [3.8, 4) is 11.5 Å². The van der Waals surface area contributed by atoms with E-state index in [-0.39, 0.29) is 0 Å². The largest absolute Gasteiger partial charge is 0.493 e. The van der Waals surface area contributed by atoms with E-state index in [1.54, 1.807) is 7.11 Å². The Bertz CT molecular complexity index is 931. The van der Waals surface area contributed by atoms with Gasteiger partial charge in [-0.2, -0.15) is 0 Å². The van der Waals surface area contributed by atoms with Crippen LogP contribution >= 0.6 is 15.9 Å². The van der Waals surface area contributed by atoms with Crippen molar-refractivity contribution in [2.45, 2.75) is 26.2 Å². The van der Waals surface area contributed by atoms with Crippen molar-refractivity contribution in [1.82, 2.24) is 5.32 Å². The van der Waals surface area contributed by atoms with Crippen molar-refractivity contribution < 1.29 is 14.6 Å². The van der Waals surface area contributed by atoms with Crippen molar-refractivity contribution >= 4 is 15.9 Å². The maximum absolute atomic E-state index is 10.4. The van der Waals surface area contributed by atoms with Crippen molar-refractivity contribution in [3.63, 3.8) is 0 Å². The third kappa shape index (κ3) is 5.60. The lowest BCUT2D eigenvalue weighted by Crippen LogP contribution is -2.21. The van der Waals surface area contributed by atoms with Crippen LogP contribution < -0.4 is 14.8 Å². The molecule has 1 unspecified atom stereocenters. The first-order valence-electron chi connectivity index (χ1n) is 9.56. The third-order valence-corrected chi connectivity index (χ3v) is 5.59. The summed E-state index contributed by atoms with van der Waals surface area (Å²) in [7, 11) is 1.64. The number of hydrogen-bond donors (Lipinski definition) is 2. The number of hydrogen-bond acceptors (Lipinski definition) is 4. The van der Waals surface area contributed by atoms with Gasteiger partial charge in [0.05, 0.1) is 13.2 Å². The Balaban J connectivity index is 1.72. The first-order valence-corrected chi connectivity index (χ1v) is 10.4. The molecule has 0 aliphatic heterocycles. The first-order chi connectivity index (χ1) is 14.1. The highest BCUT2D eigenvalue weighted by Gasteiger charge is 2.16. The molecule has 29 heavy (non-hydrogen) atoms. The van der Waals surface area contributed by atoms with Gasteiger partial charge in [-0.05, 0) is 35.7 Å². The van der Waals surface area contributed by atoms with Crippen molar-refractivity contribution in [2.75, 3.05) is 13.7 Å². The van der Waals surface area contributed by atoms with Gasteiger partial charge in [-0.3, -0.25) is 0 Å². The second kappa shape index (κ2) is 10.4. The Morgan fingerprint density at radius 1 is 1.00 bits per heavy atom. The number of ether oxygens (including phenoxy) is 2. The molecule has 0 aromatic heterocycles. The fourth-order valence-corrected chi connectivity index (χ4v) is 3.57. The molecule has 0 heterocycles. The number of aliphatic hydroxyl groups excluding tert-OH is 1. The van der Waals surface area contributed by atoms with Gasteiger partial charge >= 0.3 is 0 Å². The van der Waals surface area contributed by atoms with E-state index in [9.17, 15) is 5.11 Å². The minimum absolute atomic E-state index is 0.435. The van der Waals surface area contributed by atoms with Crippen LogP contribution in [0.2, 0.25) is 0 Å². The number of aliphatic hydroxyl groups is 1. The highest BCUT2D eigenvalue weighted by atomic mass is 79.9. The van der Waals surface area contributed by atoms with Gasteiger partial charge in [0.2, 0.25) is 0 Å². The molecule has 0 aliphatic rings. The smallest absolute Gasteiger partial charge is 0.167 e. The summed E-state index contributed by atoms with van der Waals surface area (Å²) in [5.41, 5.74) is 4.17. The van der Waals surface area contributed by atoms with E-state index in [0.717, 1.165) is 21.2 Å². The highest BCUT2D eigenvalue weighted by molar-refractivity contribution is 9.10. The number of aryl methyl sites for hydroxylation is 1. The fraction of sp³-hybridized carbons (Fsp3) is 0.250. The molecule has 2 N–H and O–H groups in total. The molecule has 0 radical (unpaired) electrons. The van der Waals surface area contributed by atoms with Gasteiger partial charge < -0.3 is 19.9 Å². The molecule has 3 aromatic carbocycles. The molecule has 4 nitrogen and oxygen atoms in total. The predicted molar refractivity (Wildman–Crippen MR) is 119 cm³/mol. The van der Waals surface area contributed by atoms with Crippen LogP contribution in [0.5, 0.6) is 11.5 Å². The van der Waals surface area contributed by atoms with Gasteiger partial charge in [0.25, 0.3) is 0 Å². The molecular formula is C24H26BrNO3. The number of nitrogens with one attached hydrogen (secondary N) is 1. The number of methoxy groups -OCH3 is 1. The quantitative estimate of drug-likeness (QED) is 0.467. The number of rotatable bonds is 9. The normalized spacial score (nSPS) is 11.9. The molecule has 0 spiro atoms. The summed E-state index contributed by atoms with van der Waals surface area (Å²) in [4.78, 5) is 0. The Morgan fingerprint density at radius 3 is 2.45 bits per heavy atom. The Morgan fingerprint density at radius 2 is 1.72 bits per heavy atom. The molecule has 0 saturated heterocycles. The monoisotopic (exact) mass is 455 g/mol. The van der Waals surface area contributed by atoms with Gasteiger partial charge in [-0.15, -0.1) is 0 Å². The minimum Gasteiger partial charge on any atom is -0.493 e. The van der Waals surface area contributed by atoms with Crippen LogP contribution in [-0.2, 0) is 13.2 Å². The van der Waals surface area contributed by atoms with Crippen LogP contribution in [0, 0.1) is 6.92 Å². The lowest BCUT2D eigenvalue weighted by Gasteiger charge is -2.19. The van der Waals surface area contributed by atoms with Crippen molar-refractivity contribution in [2.24, 2.45) is 0 Å². The average molecular weight is 456 g/mol. The molecule has 5 heteroatoms. The summed E-state index contributed by atoms with van der Waals surface area (Å²) in [6.07, 6.45) is -0.572. The molecule has 0 amide bonds. The van der Waals surface area contributed by atoms with E-state index >= 15 is 0 Å². The molecule has 0 aliphatic carbocycles. The summed E-state index contributed by atoms with van der Waals surface area (Å²) in [5.74, 6) is 1.38. The van der Waals surface area contributed by atoms with Gasteiger partial charge in [-0.1, -0.05) is 70.5 Å². The molecule has 3 aromatic rings. The SMILES string of the molecule is COc1ccc(Br)c(CNCC(O)c2ccccc2)c1OCc1ccccc1C. The first kappa shape index (κ1) is 21.4. The molecule has 0 bridgehead atoms. The van der Waals surface area contributed by atoms with E-state index in [1.807, 2.05) is 54.6 Å². The summed E-state index contributed by atoms with van der Waals surface area (Å²) < 4.78 is 12.7. The standard InChI is InChI=1S/C24H26BrNO3/c1-17-8-6-7-11-19(17)16-29-24-20(21(25)12-13-23(24)28-2)14-26-15-22(27)18-9-4-3-5-10-18/h3-13,22,26-27H,14-16H2,1-2H3. The van der Waals surface area contributed by atoms with E-state index in [4.69, 9.17) is 9.47 Å². The number of benzene rings is 3. The summed E-state index contributed by atoms with van der Waals surface area (Å²) >= 11 is 3.63. The van der Waals surface area contributed by atoms with E-state index in [1.165, 1.54) is 5.56 Å². The van der Waals surface area contributed by atoms with Gasteiger partial charge in [0, 0.05) is 23.1 Å².